The average Bonchev–Trinajstić information content (AvgIpc) is 2.32. The first-order valence-electron chi connectivity index (χ1n) is 5.28. The lowest BCUT2D eigenvalue weighted by atomic mass is 10.3. The first-order chi connectivity index (χ1) is 8.47. The molecule has 94 valence electrons. The van der Waals surface area contributed by atoms with Crippen LogP contribution in [0.25, 0.3) is 0 Å². The number of anilines is 2. The predicted molar refractivity (Wildman–Crippen MR) is 70.6 cm³/mol. The van der Waals surface area contributed by atoms with Crippen LogP contribution in [0.15, 0.2) is 47.5 Å². The molecule has 0 saturated carbocycles. The Morgan fingerprint density at radius 1 is 1.22 bits per heavy atom. The summed E-state index contributed by atoms with van der Waals surface area (Å²) < 4.78 is 26.5. The number of nitrogen functional groups attached to an aromatic ring is 1. The highest BCUT2D eigenvalue weighted by molar-refractivity contribution is 7.92. The lowest BCUT2D eigenvalue weighted by Crippen LogP contribution is -2.13. The average molecular weight is 263 g/mol. The van der Waals surface area contributed by atoms with Gasteiger partial charge in [0.2, 0.25) is 0 Å². The highest BCUT2D eigenvalue weighted by Crippen LogP contribution is 2.17. The summed E-state index contributed by atoms with van der Waals surface area (Å²) in [6, 6.07) is 9.51. The molecule has 1 heterocycles. The van der Waals surface area contributed by atoms with E-state index in [1.807, 2.05) is 6.92 Å². The van der Waals surface area contributed by atoms with E-state index in [-0.39, 0.29) is 4.90 Å². The first kappa shape index (κ1) is 12.4. The Balaban J connectivity index is 2.30. The van der Waals surface area contributed by atoms with Crippen LogP contribution in [0.4, 0.5) is 11.4 Å². The van der Waals surface area contributed by atoms with Crippen LogP contribution in [0.5, 0.6) is 0 Å². The second-order valence-corrected chi connectivity index (χ2v) is 5.55. The van der Waals surface area contributed by atoms with Gasteiger partial charge in [-0.15, -0.1) is 0 Å². The zero-order valence-electron chi connectivity index (χ0n) is 9.79. The molecule has 0 radical (unpaired) electrons. The van der Waals surface area contributed by atoms with Crippen molar-refractivity contribution in [2.75, 3.05) is 10.5 Å². The molecule has 3 N–H and O–H groups in total. The van der Waals surface area contributed by atoms with Crippen molar-refractivity contribution in [3.8, 4) is 0 Å². The van der Waals surface area contributed by atoms with E-state index in [9.17, 15) is 8.42 Å². The molecule has 2 rings (SSSR count). The molecule has 5 nitrogen and oxygen atoms in total. The predicted octanol–water partition coefficient (Wildman–Crippen LogP) is 1.77. The van der Waals surface area contributed by atoms with Crippen molar-refractivity contribution >= 4 is 21.4 Å². The molecule has 2 aromatic rings. The van der Waals surface area contributed by atoms with Crippen LogP contribution in [-0.2, 0) is 10.0 Å². The van der Waals surface area contributed by atoms with E-state index < -0.39 is 10.0 Å². The third kappa shape index (κ3) is 2.78. The van der Waals surface area contributed by atoms with Crippen LogP contribution in [0.2, 0.25) is 0 Å². The van der Waals surface area contributed by atoms with E-state index in [4.69, 9.17) is 5.73 Å². The maximum atomic E-state index is 12.0. The number of benzene rings is 1. The van der Waals surface area contributed by atoms with Crippen molar-refractivity contribution in [1.29, 1.82) is 0 Å². The van der Waals surface area contributed by atoms with E-state index in [2.05, 4.69) is 9.71 Å². The molecule has 0 aliphatic heterocycles. The van der Waals surface area contributed by atoms with Gasteiger partial charge in [-0.3, -0.25) is 9.71 Å². The van der Waals surface area contributed by atoms with Crippen LogP contribution in [0, 0.1) is 6.92 Å². The van der Waals surface area contributed by atoms with E-state index in [1.54, 1.807) is 24.3 Å². The monoisotopic (exact) mass is 263 g/mol. The molecule has 18 heavy (non-hydrogen) atoms. The summed E-state index contributed by atoms with van der Waals surface area (Å²) in [5.41, 5.74) is 7.21. The Kier molecular flexibility index (Phi) is 3.20. The van der Waals surface area contributed by atoms with Crippen molar-refractivity contribution in [1.82, 2.24) is 4.98 Å². The molecule has 0 fully saturated rings. The molecule has 0 saturated heterocycles. The van der Waals surface area contributed by atoms with Gasteiger partial charge in [0.05, 0.1) is 16.8 Å². The number of aryl methyl sites for hydroxylation is 1. The maximum Gasteiger partial charge on any atom is 0.262 e. The standard InChI is InChI=1S/C12H13N3O2S/c1-9-5-6-11(8-14-9)15-18(16,17)12-4-2-3-10(13)7-12/h2-8,15H,13H2,1H3. The van der Waals surface area contributed by atoms with E-state index in [1.165, 1.54) is 18.3 Å². The minimum Gasteiger partial charge on any atom is -0.399 e. The number of rotatable bonds is 3. The molecule has 0 amide bonds. The Hall–Kier alpha value is -2.08. The number of nitrogens with zero attached hydrogens (tertiary/aromatic N) is 1. The van der Waals surface area contributed by atoms with Crippen molar-refractivity contribution < 1.29 is 8.42 Å². The van der Waals surface area contributed by atoms with Gasteiger partial charge < -0.3 is 5.73 Å². The molecule has 1 aromatic carbocycles. The van der Waals surface area contributed by atoms with Gasteiger partial charge in [0.25, 0.3) is 10.0 Å². The summed E-state index contributed by atoms with van der Waals surface area (Å²) in [6.07, 6.45) is 1.47. The van der Waals surface area contributed by atoms with Gasteiger partial charge >= 0.3 is 0 Å². The third-order valence-corrected chi connectivity index (χ3v) is 3.71. The molecule has 0 bridgehead atoms. The van der Waals surface area contributed by atoms with Gasteiger partial charge in [-0.25, -0.2) is 8.42 Å². The lowest BCUT2D eigenvalue weighted by Gasteiger charge is -2.08. The fraction of sp³-hybridized carbons (Fsp3) is 0.0833. The normalized spacial score (nSPS) is 11.2. The molecule has 0 aliphatic carbocycles. The smallest absolute Gasteiger partial charge is 0.262 e. The highest BCUT2D eigenvalue weighted by atomic mass is 32.2. The molecule has 1 aromatic heterocycles. The summed E-state index contributed by atoms with van der Waals surface area (Å²) in [6.45, 7) is 1.83. The summed E-state index contributed by atoms with van der Waals surface area (Å²) >= 11 is 0. The number of hydrogen-bond acceptors (Lipinski definition) is 4. The summed E-state index contributed by atoms with van der Waals surface area (Å²) in [7, 11) is -3.62. The molecule has 0 spiro atoms. The molecular formula is C12H13N3O2S. The van der Waals surface area contributed by atoms with Crippen molar-refractivity contribution in [3.63, 3.8) is 0 Å². The molecule has 0 atom stereocenters. The van der Waals surface area contributed by atoms with Crippen LogP contribution in [-0.4, -0.2) is 13.4 Å². The van der Waals surface area contributed by atoms with Gasteiger partial charge in [-0.05, 0) is 37.3 Å². The SMILES string of the molecule is Cc1ccc(NS(=O)(=O)c2cccc(N)c2)cn1. The van der Waals surface area contributed by atoms with E-state index in [0.717, 1.165) is 5.69 Å². The highest BCUT2D eigenvalue weighted by Gasteiger charge is 2.14. The van der Waals surface area contributed by atoms with Crippen LogP contribution >= 0.6 is 0 Å². The Bertz CT molecular complexity index is 651. The fourth-order valence-corrected chi connectivity index (χ4v) is 2.52. The topological polar surface area (TPSA) is 85.1 Å². The second kappa shape index (κ2) is 4.66. The molecular weight excluding hydrogens is 250 g/mol. The summed E-state index contributed by atoms with van der Waals surface area (Å²) in [5.74, 6) is 0. The number of pyridine rings is 1. The Morgan fingerprint density at radius 2 is 2.00 bits per heavy atom. The number of sulfonamides is 1. The summed E-state index contributed by atoms with van der Waals surface area (Å²) in [5, 5.41) is 0. The molecule has 0 aliphatic rings. The molecule has 0 unspecified atom stereocenters. The quantitative estimate of drug-likeness (QED) is 0.826. The van der Waals surface area contributed by atoms with Crippen LogP contribution in [0.1, 0.15) is 5.69 Å². The first-order valence-corrected chi connectivity index (χ1v) is 6.77. The van der Waals surface area contributed by atoms with E-state index in [0.29, 0.717) is 11.4 Å². The minimum atomic E-state index is -3.62. The second-order valence-electron chi connectivity index (χ2n) is 3.87. The maximum absolute atomic E-state index is 12.0. The van der Waals surface area contributed by atoms with Gasteiger partial charge in [-0.1, -0.05) is 6.07 Å². The Labute approximate surface area is 106 Å². The van der Waals surface area contributed by atoms with Gasteiger partial charge in [0.1, 0.15) is 0 Å². The number of nitrogens with two attached hydrogens (primary N) is 1. The summed E-state index contributed by atoms with van der Waals surface area (Å²) in [4.78, 5) is 4.15. The number of hydrogen-bond donors (Lipinski definition) is 2. The lowest BCUT2D eigenvalue weighted by molar-refractivity contribution is 0.601. The van der Waals surface area contributed by atoms with Gasteiger partial charge in [0, 0.05) is 11.4 Å². The number of aromatic nitrogens is 1. The van der Waals surface area contributed by atoms with Gasteiger partial charge in [0.15, 0.2) is 0 Å². The van der Waals surface area contributed by atoms with Gasteiger partial charge in [-0.2, -0.15) is 0 Å². The van der Waals surface area contributed by atoms with E-state index >= 15 is 0 Å². The molecule has 6 heteroatoms. The zero-order chi connectivity index (χ0) is 13.2. The minimum absolute atomic E-state index is 0.128. The fourth-order valence-electron chi connectivity index (χ4n) is 1.42. The zero-order valence-corrected chi connectivity index (χ0v) is 10.6. The van der Waals surface area contributed by atoms with Crippen molar-refractivity contribution in [2.45, 2.75) is 11.8 Å². The third-order valence-electron chi connectivity index (χ3n) is 2.33. The Morgan fingerprint density at radius 3 is 2.61 bits per heavy atom. The van der Waals surface area contributed by atoms with Crippen LogP contribution in [0.3, 0.4) is 0 Å². The largest absolute Gasteiger partial charge is 0.399 e. The van der Waals surface area contributed by atoms with Crippen LogP contribution < -0.4 is 10.5 Å². The number of nitrogens with one attached hydrogen (secondary N) is 1. The van der Waals surface area contributed by atoms with Crippen molar-refractivity contribution in [2.24, 2.45) is 0 Å². The van der Waals surface area contributed by atoms with Crippen molar-refractivity contribution in [3.05, 3.63) is 48.3 Å².